The van der Waals surface area contributed by atoms with Crippen LogP contribution in [0.1, 0.15) is 27.2 Å². The Labute approximate surface area is 189 Å². The molecule has 0 radical (unpaired) electrons. The maximum atomic E-state index is 12.6. The van der Waals surface area contributed by atoms with E-state index < -0.39 is 0 Å². The van der Waals surface area contributed by atoms with Gasteiger partial charge in [-0.15, -0.1) is 0 Å². The highest BCUT2D eigenvalue weighted by molar-refractivity contribution is 6.32. The molecule has 2 aromatic carbocycles. The Kier molecular flexibility index (Phi) is 6.44. The van der Waals surface area contributed by atoms with Crippen molar-refractivity contribution in [3.63, 3.8) is 0 Å². The number of carbonyl (C=O) groups excluding carboxylic acids is 1. The molecular weight excluding hydrogens is 426 g/mol. The first-order valence-corrected chi connectivity index (χ1v) is 10.1. The Balaban J connectivity index is 1.40. The molecule has 1 N–H and O–H groups in total. The largest absolute Gasteiger partial charge is 0.487 e. The van der Waals surface area contributed by atoms with E-state index in [-0.39, 0.29) is 18.2 Å². The standard InChI is InChI=1S/C24H18ClN5O2/c25-21-7-3-4-8-23(21)32-16-17-9-10-27-22(11-17)24(31)29-20-13-28-30(15-20)14-19-6-2-1-5-18(19)12-26/h1-11,13,15H,14,16H2,(H,29,31). The Hall–Kier alpha value is -4.15. The van der Waals surface area contributed by atoms with Crippen LogP contribution in [0.4, 0.5) is 5.69 Å². The number of rotatable bonds is 7. The molecule has 0 atom stereocenters. The van der Waals surface area contributed by atoms with Crippen LogP contribution in [-0.2, 0) is 13.2 Å². The van der Waals surface area contributed by atoms with Crippen molar-refractivity contribution < 1.29 is 9.53 Å². The molecule has 158 valence electrons. The second-order valence-electron chi connectivity index (χ2n) is 6.92. The fraction of sp³-hybridized carbons (Fsp3) is 0.0833. The topological polar surface area (TPSA) is 92.8 Å². The molecule has 0 aliphatic carbocycles. The van der Waals surface area contributed by atoms with Gasteiger partial charge in [-0.25, -0.2) is 0 Å². The number of aromatic nitrogens is 3. The van der Waals surface area contributed by atoms with E-state index in [9.17, 15) is 10.1 Å². The zero-order chi connectivity index (χ0) is 22.3. The molecule has 4 rings (SSSR count). The van der Waals surface area contributed by atoms with Crippen molar-refractivity contribution in [2.75, 3.05) is 5.32 Å². The molecular formula is C24H18ClN5O2. The van der Waals surface area contributed by atoms with E-state index in [1.54, 1.807) is 53.6 Å². The zero-order valence-electron chi connectivity index (χ0n) is 16.9. The van der Waals surface area contributed by atoms with E-state index in [1.807, 2.05) is 30.3 Å². The predicted octanol–water partition coefficient (Wildman–Crippen LogP) is 4.68. The Morgan fingerprint density at radius 3 is 2.81 bits per heavy atom. The molecule has 0 saturated heterocycles. The summed E-state index contributed by atoms with van der Waals surface area (Å²) in [6.45, 7) is 0.676. The lowest BCUT2D eigenvalue weighted by Crippen LogP contribution is -2.14. The number of halogens is 1. The summed E-state index contributed by atoms with van der Waals surface area (Å²) in [7, 11) is 0. The SMILES string of the molecule is N#Cc1ccccc1Cn1cc(NC(=O)c2cc(COc3ccccc3Cl)ccn2)cn1. The van der Waals surface area contributed by atoms with Gasteiger partial charge in [0.2, 0.25) is 0 Å². The maximum Gasteiger partial charge on any atom is 0.274 e. The minimum atomic E-state index is -0.360. The van der Waals surface area contributed by atoms with Crippen LogP contribution in [-0.4, -0.2) is 20.7 Å². The molecule has 2 aromatic heterocycles. The van der Waals surface area contributed by atoms with E-state index >= 15 is 0 Å². The van der Waals surface area contributed by atoms with E-state index in [1.165, 1.54) is 0 Å². The smallest absolute Gasteiger partial charge is 0.274 e. The predicted molar refractivity (Wildman–Crippen MR) is 120 cm³/mol. The average Bonchev–Trinajstić information content (AvgIpc) is 3.25. The van der Waals surface area contributed by atoms with Gasteiger partial charge in [0.25, 0.3) is 5.91 Å². The van der Waals surface area contributed by atoms with Crippen molar-refractivity contribution in [3.05, 3.63) is 107 Å². The fourth-order valence-corrected chi connectivity index (χ4v) is 3.25. The van der Waals surface area contributed by atoms with Gasteiger partial charge < -0.3 is 10.1 Å². The second kappa shape index (κ2) is 9.77. The van der Waals surface area contributed by atoms with Gasteiger partial charge in [-0.1, -0.05) is 41.9 Å². The summed E-state index contributed by atoms with van der Waals surface area (Å²) in [5.74, 6) is 0.212. The normalized spacial score (nSPS) is 10.4. The number of pyridine rings is 1. The summed E-state index contributed by atoms with van der Waals surface area (Å²) in [5.41, 5.74) is 3.02. The molecule has 1 amide bonds. The Morgan fingerprint density at radius 2 is 1.97 bits per heavy atom. The van der Waals surface area contributed by atoms with E-state index in [2.05, 4.69) is 21.5 Å². The number of hydrogen-bond donors (Lipinski definition) is 1. The van der Waals surface area contributed by atoms with E-state index in [0.717, 1.165) is 11.1 Å². The third-order valence-corrected chi connectivity index (χ3v) is 4.96. The number of anilines is 1. The zero-order valence-corrected chi connectivity index (χ0v) is 17.7. The van der Waals surface area contributed by atoms with Gasteiger partial charge in [0.05, 0.1) is 35.1 Å². The molecule has 2 heterocycles. The van der Waals surface area contributed by atoms with Crippen molar-refractivity contribution in [2.24, 2.45) is 0 Å². The maximum absolute atomic E-state index is 12.6. The lowest BCUT2D eigenvalue weighted by Gasteiger charge is -2.09. The molecule has 0 bridgehead atoms. The van der Waals surface area contributed by atoms with Crippen molar-refractivity contribution >= 4 is 23.2 Å². The molecule has 0 fully saturated rings. The number of amides is 1. The van der Waals surface area contributed by atoms with Crippen molar-refractivity contribution in [1.82, 2.24) is 14.8 Å². The summed E-state index contributed by atoms with van der Waals surface area (Å²) >= 11 is 6.11. The van der Waals surface area contributed by atoms with Crippen LogP contribution in [0.5, 0.6) is 5.75 Å². The highest BCUT2D eigenvalue weighted by Gasteiger charge is 2.11. The monoisotopic (exact) mass is 443 g/mol. The summed E-state index contributed by atoms with van der Waals surface area (Å²) in [5, 5.41) is 16.8. The van der Waals surface area contributed by atoms with Crippen LogP contribution >= 0.6 is 11.6 Å². The number of nitriles is 1. The van der Waals surface area contributed by atoms with Gasteiger partial charge in [-0.2, -0.15) is 10.4 Å². The van der Waals surface area contributed by atoms with Crippen LogP contribution in [0.15, 0.2) is 79.3 Å². The molecule has 4 aromatic rings. The average molecular weight is 444 g/mol. The molecule has 32 heavy (non-hydrogen) atoms. The van der Waals surface area contributed by atoms with Gasteiger partial charge in [-0.3, -0.25) is 14.5 Å². The van der Waals surface area contributed by atoms with Gasteiger partial charge in [0.15, 0.2) is 0 Å². The van der Waals surface area contributed by atoms with Crippen LogP contribution in [0.25, 0.3) is 0 Å². The van der Waals surface area contributed by atoms with Crippen molar-refractivity contribution in [1.29, 1.82) is 5.26 Å². The highest BCUT2D eigenvalue weighted by Crippen LogP contribution is 2.24. The molecule has 8 heteroatoms. The fourth-order valence-electron chi connectivity index (χ4n) is 3.06. The van der Waals surface area contributed by atoms with E-state index in [0.29, 0.717) is 28.6 Å². The molecule has 0 unspecified atom stereocenters. The van der Waals surface area contributed by atoms with Gasteiger partial charge in [0.1, 0.15) is 18.1 Å². The molecule has 0 saturated carbocycles. The number of nitrogens with one attached hydrogen (secondary N) is 1. The minimum absolute atomic E-state index is 0.253. The number of ether oxygens (including phenoxy) is 1. The Morgan fingerprint density at radius 1 is 1.16 bits per heavy atom. The quantitative estimate of drug-likeness (QED) is 0.447. The van der Waals surface area contributed by atoms with Gasteiger partial charge >= 0.3 is 0 Å². The number of nitrogens with zero attached hydrogens (tertiary/aromatic N) is 4. The third kappa shape index (κ3) is 5.12. The number of hydrogen-bond acceptors (Lipinski definition) is 5. The molecule has 7 nitrogen and oxygen atoms in total. The molecule has 0 spiro atoms. The third-order valence-electron chi connectivity index (χ3n) is 4.65. The summed E-state index contributed by atoms with van der Waals surface area (Å²) in [4.78, 5) is 16.8. The first kappa shape index (κ1) is 21.1. The van der Waals surface area contributed by atoms with Crippen LogP contribution < -0.4 is 10.1 Å². The van der Waals surface area contributed by atoms with Crippen LogP contribution in [0.3, 0.4) is 0 Å². The summed E-state index contributed by atoms with van der Waals surface area (Å²) in [6, 6.07) is 20.1. The summed E-state index contributed by atoms with van der Waals surface area (Å²) in [6.07, 6.45) is 4.82. The molecule has 0 aliphatic rings. The molecule has 0 aliphatic heterocycles. The number of carbonyl (C=O) groups is 1. The second-order valence-corrected chi connectivity index (χ2v) is 7.33. The number of para-hydroxylation sites is 1. The lowest BCUT2D eigenvalue weighted by atomic mass is 10.1. The van der Waals surface area contributed by atoms with Crippen molar-refractivity contribution in [3.8, 4) is 11.8 Å². The lowest BCUT2D eigenvalue weighted by molar-refractivity contribution is 0.102. The first-order valence-electron chi connectivity index (χ1n) is 9.76. The van der Waals surface area contributed by atoms with E-state index in [4.69, 9.17) is 16.3 Å². The van der Waals surface area contributed by atoms with Gasteiger partial charge in [-0.05, 0) is 41.5 Å². The van der Waals surface area contributed by atoms with Crippen molar-refractivity contribution in [2.45, 2.75) is 13.2 Å². The number of benzene rings is 2. The summed E-state index contributed by atoms with van der Waals surface area (Å²) < 4.78 is 7.39. The minimum Gasteiger partial charge on any atom is -0.487 e. The van der Waals surface area contributed by atoms with Crippen LogP contribution in [0.2, 0.25) is 5.02 Å². The van der Waals surface area contributed by atoms with Crippen LogP contribution in [0, 0.1) is 11.3 Å². The first-order chi connectivity index (χ1) is 15.6. The highest BCUT2D eigenvalue weighted by atomic mass is 35.5. The Bertz CT molecular complexity index is 1300. The van der Waals surface area contributed by atoms with Gasteiger partial charge in [0, 0.05) is 12.4 Å².